The van der Waals surface area contributed by atoms with Crippen molar-refractivity contribution in [2.24, 2.45) is 0 Å². The minimum atomic E-state index is 0.00586. The Morgan fingerprint density at radius 3 is 2.38 bits per heavy atom. The van der Waals surface area contributed by atoms with E-state index in [0.29, 0.717) is 28.5 Å². The SMILES string of the molecule is Cc1nc(Cl)c(C=O)c(N(C)C(C)c2ccc(Cl)cc2)n1. The third kappa shape index (κ3) is 3.34. The number of rotatable bonds is 4. The van der Waals surface area contributed by atoms with E-state index in [9.17, 15) is 4.79 Å². The van der Waals surface area contributed by atoms with Crippen molar-refractivity contribution in [3.05, 3.63) is 51.4 Å². The number of halogens is 2. The molecule has 2 aromatic rings. The number of nitrogens with zero attached hydrogens (tertiary/aromatic N) is 3. The molecule has 1 atom stereocenters. The van der Waals surface area contributed by atoms with Gasteiger partial charge in [0, 0.05) is 12.1 Å². The molecule has 0 aliphatic carbocycles. The molecule has 0 aliphatic rings. The van der Waals surface area contributed by atoms with Gasteiger partial charge in [-0.1, -0.05) is 35.3 Å². The second-order valence-corrected chi connectivity index (χ2v) is 5.55. The Morgan fingerprint density at radius 2 is 1.81 bits per heavy atom. The van der Waals surface area contributed by atoms with Gasteiger partial charge in [0.25, 0.3) is 0 Å². The molecular formula is C15H15Cl2N3O. The Balaban J connectivity index is 2.41. The van der Waals surface area contributed by atoms with E-state index in [1.807, 2.05) is 43.1 Å². The minimum Gasteiger partial charge on any atom is -0.352 e. The van der Waals surface area contributed by atoms with Crippen LogP contribution >= 0.6 is 23.2 Å². The van der Waals surface area contributed by atoms with Crippen LogP contribution in [0.3, 0.4) is 0 Å². The average molecular weight is 324 g/mol. The van der Waals surface area contributed by atoms with Gasteiger partial charge < -0.3 is 4.90 Å². The predicted molar refractivity (Wildman–Crippen MR) is 85.4 cm³/mol. The maximum absolute atomic E-state index is 11.3. The molecule has 1 aromatic carbocycles. The third-order valence-electron chi connectivity index (χ3n) is 3.38. The van der Waals surface area contributed by atoms with E-state index in [1.165, 1.54) is 0 Å². The number of benzene rings is 1. The van der Waals surface area contributed by atoms with Gasteiger partial charge in [0.1, 0.15) is 16.8 Å². The zero-order valence-corrected chi connectivity index (χ0v) is 13.5. The van der Waals surface area contributed by atoms with Crippen molar-refractivity contribution < 1.29 is 4.79 Å². The molecule has 1 unspecified atom stereocenters. The van der Waals surface area contributed by atoms with Crippen LogP contribution in [0.15, 0.2) is 24.3 Å². The van der Waals surface area contributed by atoms with Gasteiger partial charge >= 0.3 is 0 Å². The van der Waals surface area contributed by atoms with Gasteiger partial charge in [-0.15, -0.1) is 0 Å². The molecule has 21 heavy (non-hydrogen) atoms. The van der Waals surface area contributed by atoms with Gasteiger partial charge in [-0.25, -0.2) is 9.97 Å². The van der Waals surface area contributed by atoms with Gasteiger partial charge in [-0.2, -0.15) is 0 Å². The van der Waals surface area contributed by atoms with Crippen LogP contribution in [0.25, 0.3) is 0 Å². The standard InChI is InChI=1S/C15H15Cl2N3O/c1-9(11-4-6-12(16)7-5-11)20(3)15-13(8-21)14(17)18-10(2)19-15/h4-9H,1-3H3. The van der Waals surface area contributed by atoms with E-state index < -0.39 is 0 Å². The fourth-order valence-corrected chi connectivity index (χ4v) is 2.43. The van der Waals surface area contributed by atoms with E-state index in [0.717, 1.165) is 5.56 Å². The highest BCUT2D eigenvalue weighted by atomic mass is 35.5. The van der Waals surface area contributed by atoms with Crippen molar-refractivity contribution in [1.82, 2.24) is 9.97 Å². The van der Waals surface area contributed by atoms with Crippen molar-refractivity contribution in [3.63, 3.8) is 0 Å². The number of carbonyl (C=O) groups is 1. The van der Waals surface area contributed by atoms with Crippen molar-refractivity contribution >= 4 is 35.3 Å². The van der Waals surface area contributed by atoms with Crippen LogP contribution in [-0.4, -0.2) is 23.3 Å². The molecule has 0 amide bonds. The Bertz CT molecular complexity index is 659. The van der Waals surface area contributed by atoms with Crippen molar-refractivity contribution in [1.29, 1.82) is 0 Å². The minimum absolute atomic E-state index is 0.00586. The first kappa shape index (κ1) is 15.7. The molecule has 1 heterocycles. The van der Waals surface area contributed by atoms with Gasteiger partial charge in [-0.3, -0.25) is 4.79 Å². The molecule has 1 aromatic heterocycles. The van der Waals surface area contributed by atoms with Crippen LogP contribution in [0.1, 0.15) is 34.7 Å². The molecule has 0 aliphatic heterocycles. The molecule has 4 nitrogen and oxygen atoms in total. The molecule has 0 spiro atoms. The second kappa shape index (κ2) is 6.41. The van der Waals surface area contributed by atoms with Gasteiger partial charge in [0.15, 0.2) is 6.29 Å². The monoisotopic (exact) mass is 323 g/mol. The van der Waals surface area contributed by atoms with E-state index in [1.54, 1.807) is 6.92 Å². The van der Waals surface area contributed by atoms with Crippen LogP contribution < -0.4 is 4.90 Å². The second-order valence-electron chi connectivity index (χ2n) is 4.76. The van der Waals surface area contributed by atoms with E-state index >= 15 is 0 Å². The highest BCUT2D eigenvalue weighted by Crippen LogP contribution is 2.29. The zero-order chi connectivity index (χ0) is 15.6. The summed E-state index contributed by atoms with van der Waals surface area (Å²) in [7, 11) is 1.87. The largest absolute Gasteiger partial charge is 0.352 e. The molecule has 0 fully saturated rings. The molecule has 0 saturated carbocycles. The number of hydrogen-bond acceptors (Lipinski definition) is 4. The summed E-state index contributed by atoms with van der Waals surface area (Å²) in [5.41, 5.74) is 1.36. The summed E-state index contributed by atoms with van der Waals surface area (Å²) in [5, 5.41) is 0.853. The number of hydrogen-bond donors (Lipinski definition) is 0. The molecule has 0 radical (unpaired) electrons. The highest BCUT2D eigenvalue weighted by molar-refractivity contribution is 6.32. The molecule has 2 rings (SSSR count). The summed E-state index contributed by atoms with van der Waals surface area (Å²) >= 11 is 11.9. The lowest BCUT2D eigenvalue weighted by atomic mass is 10.1. The van der Waals surface area contributed by atoms with Crippen molar-refractivity contribution in [2.45, 2.75) is 19.9 Å². The Kier molecular flexibility index (Phi) is 4.80. The normalized spacial score (nSPS) is 12.0. The Hall–Kier alpha value is -1.65. The molecule has 110 valence electrons. The van der Waals surface area contributed by atoms with E-state index in [-0.39, 0.29) is 11.2 Å². The Labute approximate surface area is 133 Å². The fraction of sp³-hybridized carbons (Fsp3) is 0.267. The zero-order valence-electron chi connectivity index (χ0n) is 12.0. The summed E-state index contributed by atoms with van der Waals surface area (Å²) in [6.07, 6.45) is 0.683. The predicted octanol–water partition coefficient (Wildman–Crippen LogP) is 4.10. The number of carbonyl (C=O) groups excluding carboxylic acids is 1. The average Bonchev–Trinajstić information content (AvgIpc) is 2.46. The fourth-order valence-electron chi connectivity index (χ4n) is 2.05. The molecule has 0 bridgehead atoms. The third-order valence-corrected chi connectivity index (χ3v) is 3.92. The van der Waals surface area contributed by atoms with Crippen LogP contribution in [0.4, 0.5) is 5.82 Å². The van der Waals surface area contributed by atoms with Gasteiger partial charge in [0.05, 0.1) is 11.6 Å². The van der Waals surface area contributed by atoms with Crippen LogP contribution in [0, 0.1) is 6.92 Å². The van der Waals surface area contributed by atoms with Gasteiger partial charge in [-0.05, 0) is 31.5 Å². The number of anilines is 1. The lowest BCUT2D eigenvalue weighted by Gasteiger charge is -2.27. The lowest BCUT2D eigenvalue weighted by molar-refractivity contribution is 0.112. The lowest BCUT2D eigenvalue weighted by Crippen LogP contribution is -2.24. The van der Waals surface area contributed by atoms with Gasteiger partial charge in [0.2, 0.25) is 0 Å². The van der Waals surface area contributed by atoms with Crippen molar-refractivity contribution in [3.8, 4) is 0 Å². The highest BCUT2D eigenvalue weighted by Gasteiger charge is 2.19. The van der Waals surface area contributed by atoms with Crippen LogP contribution in [0.2, 0.25) is 10.2 Å². The summed E-state index contributed by atoms with van der Waals surface area (Å²) in [6, 6.07) is 7.56. The van der Waals surface area contributed by atoms with E-state index in [4.69, 9.17) is 23.2 Å². The van der Waals surface area contributed by atoms with Crippen LogP contribution in [-0.2, 0) is 0 Å². The molecule has 0 saturated heterocycles. The molecule has 0 N–H and O–H groups in total. The summed E-state index contributed by atoms with van der Waals surface area (Å²) in [4.78, 5) is 21.5. The molecule has 6 heteroatoms. The summed E-state index contributed by atoms with van der Waals surface area (Å²) in [6.45, 7) is 3.76. The molecular weight excluding hydrogens is 309 g/mol. The summed E-state index contributed by atoms with van der Waals surface area (Å²) < 4.78 is 0. The smallest absolute Gasteiger partial charge is 0.156 e. The van der Waals surface area contributed by atoms with Crippen LogP contribution in [0.5, 0.6) is 0 Å². The first-order valence-corrected chi connectivity index (χ1v) is 7.17. The first-order chi connectivity index (χ1) is 9.93. The summed E-state index contributed by atoms with van der Waals surface area (Å²) in [5.74, 6) is 1.04. The van der Waals surface area contributed by atoms with Crippen molar-refractivity contribution in [2.75, 3.05) is 11.9 Å². The maximum atomic E-state index is 11.3. The number of aldehydes is 1. The number of aryl methyl sites for hydroxylation is 1. The number of aromatic nitrogens is 2. The maximum Gasteiger partial charge on any atom is 0.156 e. The van der Waals surface area contributed by atoms with E-state index in [2.05, 4.69) is 9.97 Å². The first-order valence-electron chi connectivity index (χ1n) is 6.41. The quantitative estimate of drug-likeness (QED) is 0.627. The topological polar surface area (TPSA) is 46.1 Å². The Morgan fingerprint density at radius 1 is 1.19 bits per heavy atom.